The summed E-state index contributed by atoms with van der Waals surface area (Å²) in [6.07, 6.45) is 4.69. The Balaban J connectivity index is 1.49. The molecule has 2 amide bonds. The molecule has 5 nitrogen and oxygen atoms in total. The van der Waals surface area contributed by atoms with Gasteiger partial charge in [0.15, 0.2) is 5.78 Å². The normalized spacial score (nSPS) is 11.3. The van der Waals surface area contributed by atoms with Crippen LogP contribution in [0.5, 0.6) is 0 Å². The molecule has 0 bridgehead atoms. The number of rotatable bonds is 8. The van der Waals surface area contributed by atoms with E-state index in [4.69, 9.17) is 23.2 Å². The molecule has 4 aromatic carbocycles. The molecule has 0 spiro atoms. The van der Waals surface area contributed by atoms with Crippen LogP contribution in [0, 0.1) is 0 Å². The van der Waals surface area contributed by atoms with Gasteiger partial charge in [0.2, 0.25) is 0 Å². The molecule has 0 aromatic heterocycles. The second-order valence-corrected chi connectivity index (χ2v) is 9.02. The van der Waals surface area contributed by atoms with Crippen molar-refractivity contribution in [3.8, 4) is 0 Å². The minimum atomic E-state index is -0.545. The van der Waals surface area contributed by atoms with Crippen molar-refractivity contribution in [3.05, 3.63) is 147 Å². The highest BCUT2D eigenvalue weighted by Crippen LogP contribution is 2.19. The highest BCUT2D eigenvalue weighted by atomic mass is 35.5. The van der Waals surface area contributed by atoms with Gasteiger partial charge >= 0.3 is 0 Å². The highest BCUT2D eigenvalue weighted by molar-refractivity contribution is 6.32. The lowest BCUT2D eigenvalue weighted by molar-refractivity contribution is -0.113. The van der Waals surface area contributed by atoms with Gasteiger partial charge in [0.05, 0.1) is 0 Å². The molecule has 0 aliphatic rings. The van der Waals surface area contributed by atoms with Crippen molar-refractivity contribution in [2.24, 2.45) is 0 Å². The summed E-state index contributed by atoms with van der Waals surface area (Å²) in [6.45, 7) is 0. The number of amides is 2. The summed E-state index contributed by atoms with van der Waals surface area (Å²) in [4.78, 5) is 38.5. The van der Waals surface area contributed by atoms with Crippen LogP contribution in [0.3, 0.4) is 0 Å². The highest BCUT2D eigenvalue weighted by Gasteiger charge is 2.16. The average molecular weight is 541 g/mol. The number of allylic oxidation sites excluding steroid dienone is 1. The average Bonchev–Trinajstić information content (AvgIpc) is 2.94. The van der Waals surface area contributed by atoms with E-state index in [-0.39, 0.29) is 11.5 Å². The third-order valence-electron chi connectivity index (χ3n) is 5.46. The van der Waals surface area contributed by atoms with Gasteiger partial charge in [-0.15, -0.1) is 0 Å². The third-order valence-corrected chi connectivity index (χ3v) is 6.05. The molecule has 188 valence electrons. The molecular weight excluding hydrogens is 519 g/mol. The maximum absolute atomic E-state index is 13.2. The summed E-state index contributed by atoms with van der Waals surface area (Å²) in [7, 11) is 0. The van der Waals surface area contributed by atoms with E-state index in [1.54, 1.807) is 97.1 Å². The molecule has 0 saturated heterocycles. The van der Waals surface area contributed by atoms with Gasteiger partial charge in [-0.3, -0.25) is 14.4 Å². The Hall–Kier alpha value is -4.45. The van der Waals surface area contributed by atoms with Crippen LogP contribution in [0.25, 0.3) is 12.2 Å². The Morgan fingerprint density at radius 1 is 0.684 bits per heavy atom. The molecule has 0 saturated carbocycles. The van der Waals surface area contributed by atoms with Crippen molar-refractivity contribution in [1.29, 1.82) is 0 Å². The molecule has 0 unspecified atom stereocenters. The van der Waals surface area contributed by atoms with E-state index in [9.17, 15) is 14.4 Å². The van der Waals surface area contributed by atoms with Gasteiger partial charge in [0.1, 0.15) is 5.70 Å². The van der Waals surface area contributed by atoms with Crippen LogP contribution >= 0.6 is 23.2 Å². The van der Waals surface area contributed by atoms with Crippen molar-refractivity contribution in [2.45, 2.75) is 0 Å². The zero-order valence-electron chi connectivity index (χ0n) is 20.0. The quantitative estimate of drug-likeness (QED) is 0.182. The first-order chi connectivity index (χ1) is 18.4. The molecule has 4 rings (SSSR count). The second-order valence-electron chi connectivity index (χ2n) is 8.18. The maximum Gasteiger partial charge on any atom is 0.272 e. The van der Waals surface area contributed by atoms with Crippen molar-refractivity contribution in [2.75, 3.05) is 5.32 Å². The third kappa shape index (κ3) is 7.29. The van der Waals surface area contributed by atoms with E-state index in [2.05, 4.69) is 10.6 Å². The number of halogens is 2. The van der Waals surface area contributed by atoms with Gasteiger partial charge in [-0.1, -0.05) is 77.8 Å². The molecule has 2 N–H and O–H groups in total. The zero-order valence-corrected chi connectivity index (χ0v) is 21.5. The van der Waals surface area contributed by atoms with Crippen LogP contribution in [0.2, 0.25) is 10.0 Å². The summed E-state index contributed by atoms with van der Waals surface area (Å²) < 4.78 is 0. The van der Waals surface area contributed by atoms with Crippen LogP contribution in [0.15, 0.2) is 115 Å². The summed E-state index contributed by atoms with van der Waals surface area (Å²) in [5.74, 6) is -1.17. The van der Waals surface area contributed by atoms with Gasteiger partial charge in [-0.2, -0.15) is 0 Å². The lowest BCUT2D eigenvalue weighted by Gasteiger charge is -2.12. The van der Waals surface area contributed by atoms with Gasteiger partial charge in [-0.05, 0) is 77.9 Å². The van der Waals surface area contributed by atoms with Gasteiger partial charge in [0, 0.05) is 26.9 Å². The Morgan fingerprint density at radius 3 is 2.03 bits per heavy atom. The summed E-state index contributed by atoms with van der Waals surface area (Å²) in [5.41, 5.74) is 2.74. The first kappa shape index (κ1) is 26.6. The number of carbonyl (C=O) groups is 3. The molecule has 0 fully saturated rings. The monoisotopic (exact) mass is 540 g/mol. The zero-order chi connectivity index (χ0) is 26.9. The molecule has 0 radical (unpaired) electrons. The molecule has 0 aliphatic heterocycles. The molecule has 7 heteroatoms. The van der Waals surface area contributed by atoms with Crippen molar-refractivity contribution in [1.82, 2.24) is 5.32 Å². The first-order valence-electron chi connectivity index (χ1n) is 11.6. The SMILES string of the molecule is O=C(Nc1ccc(C(=O)/C=C/c2ccc(Cl)cc2)cc1)/C(=C/c1ccccc1Cl)NC(=O)c1ccccc1. The summed E-state index contributed by atoms with van der Waals surface area (Å²) in [5, 5.41) is 6.49. The molecular formula is C31H22Cl2N2O3. The number of hydrogen-bond acceptors (Lipinski definition) is 3. The first-order valence-corrected chi connectivity index (χ1v) is 12.4. The van der Waals surface area contributed by atoms with Crippen LogP contribution < -0.4 is 10.6 Å². The number of hydrogen-bond donors (Lipinski definition) is 2. The van der Waals surface area contributed by atoms with Crippen LogP contribution in [-0.4, -0.2) is 17.6 Å². The van der Waals surface area contributed by atoms with E-state index in [1.165, 1.54) is 12.2 Å². The van der Waals surface area contributed by atoms with E-state index in [0.717, 1.165) is 5.56 Å². The fourth-order valence-electron chi connectivity index (χ4n) is 3.45. The molecule has 0 atom stereocenters. The lowest BCUT2D eigenvalue weighted by Crippen LogP contribution is -2.30. The standard InChI is InChI=1S/C31H22Cl2N2O3/c32-25-15-10-21(11-16-25)12-19-29(36)22-13-17-26(18-14-22)34-31(38)28(20-24-8-4-5-9-27(24)33)35-30(37)23-6-2-1-3-7-23/h1-20H,(H,34,38)(H,35,37)/b19-12+,28-20-. The maximum atomic E-state index is 13.2. The number of ketones is 1. The van der Waals surface area contributed by atoms with Crippen molar-refractivity contribution in [3.63, 3.8) is 0 Å². The Kier molecular flexibility index (Phi) is 8.88. The molecule has 38 heavy (non-hydrogen) atoms. The minimum absolute atomic E-state index is 0.0120. The number of anilines is 1. The fraction of sp³-hybridized carbons (Fsp3) is 0. The molecule has 0 heterocycles. The Labute approximate surface area is 230 Å². The van der Waals surface area contributed by atoms with Crippen LogP contribution in [0.1, 0.15) is 31.8 Å². The number of benzene rings is 4. The Morgan fingerprint density at radius 2 is 1.34 bits per heavy atom. The minimum Gasteiger partial charge on any atom is -0.321 e. The summed E-state index contributed by atoms with van der Waals surface area (Å²) in [6, 6.07) is 29.2. The van der Waals surface area contributed by atoms with Gasteiger partial charge < -0.3 is 10.6 Å². The predicted octanol–water partition coefficient (Wildman–Crippen LogP) is 7.30. The molecule has 4 aromatic rings. The van der Waals surface area contributed by atoms with Gasteiger partial charge in [0.25, 0.3) is 11.8 Å². The van der Waals surface area contributed by atoms with E-state index >= 15 is 0 Å². The summed E-state index contributed by atoms with van der Waals surface area (Å²) >= 11 is 12.2. The Bertz CT molecular complexity index is 1510. The smallest absolute Gasteiger partial charge is 0.272 e. The van der Waals surface area contributed by atoms with E-state index in [0.29, 0.717) is 32.4 Å². The predicted molar refractivity (Wildman–Crippen MR) is 153 cm³/mol. The van der Waals surface area contributed by atoms with Gasteiger partial charge in [-0.25, -0.2) is 0 Å². The number of nitrogens with one attached hydrogen (secondary N) is 2. The van der Waals surface area contributed by atoms with Crippen LogP contribution in [0.4, 0.5) is 5.69 Å². The lowest BCUT2D eigenvalue weighted by atomic mass is 10.1. The van der Waals surface area contributed by atoms with E-state index < -0.39 is 11.8 Å². The van der Waals surface area contributed by atoms with Crippen molar-refractivity contribution < 1.29 is 14.4 Å². The topological polar surface area (TPSA) is 75.3 Å². The molecule has 0 aliphatic carbocycles. The fourth-order valence-corrected chi connectivity index (χ4v) is 3.76. The second kappa shape index (κ2) is 12.7. The van der Waals surface area contributed by atoms with E-state index in [1.807, 2.05) is 12.1 Å². The van der Waals surface area contributed by atoms with Crippen molar-refractivity contribution >= 4 is 58.6 Å². The van der Waals surface area contributed by atoms with Crippen LogP contribution in [-0.2, 0) is 4.79 Å². The largest absolute Gasteiger partial charge is 0.321 e. The number of carbonyl (C=O) groups excluding carboxylic acids is 3.